The average Bonchev–Trinajstić information content (AvgIpc) is 2.97. The highest BCUT2D eigenvalue weighted by Gasteiger charge is 2.13. The fourth-order valence-corrected chi connectivity index (χ4v) is 2.94. The van der Waals surface area contributed by atoms with Gasteiger partial charge in [-0.3, -0.25) is 0 Å². The van der Waals surface area contributed by atoms with Gasteiger partial charge in [-0.15, -0.1) is 0 Å². The first-order valence-corrected chi connectivity index (χ1v) is 7.93. The minimum atomic E-state index is 0.399. The topological polar surface area (TPSA) is 34.0 Å². The molecule has 0 saturated heterocycles. The number of nitrogens with zero attached hydrogens (tertiary/aromatic N) is 4. The monoisotopic (exact) mass is 306 g/mol. The minimum Gasteiger partial charge on any atom is -0.373 e. The summed E-state index contributed by atoms with van der Waals surface area (Å²) >= 11 is 0. The van der Waals surface area contributed by atoms with Crippen LogP contribution < -0.4 is 10.6 Å². The van der Waals surface area contributed by atoms with Gasteiger partial charge in [0.15, 0.2) is 0 Å². The fourth-order valence-electron chi connectivity index (χ4n) is 2.94. The van der Waals surface area contributed by atoms with Crippen molar-refractivity contribution in [2.75, 3.05) is 7.05 Å². The van der Waals surface area contributed by atoms with Crippen LogP contribution in [0.1, 0.15) is 26.0 Å². The molecule has 0 fully saturated rings. The van der Waals surface area contributed by atoms with Gasteiger partial charge in [-0.05, 0) is 37.6 Å². The van der Waals surface area contributed by atoms with Crippen molar-refractivity contribution in [1.82, 2.24) is 19.7 Å². The Hall–Kier alpha value is -2.62. The van der Waals surface area contributed by atoms with Crippen LogP contribution in [0.5, 0.6) is 0 Å². The molecule has 2 aromatic rings. The summed E-state index contributed by atoms with van der Waals surface area (Å²) in [5.74, 6) is 0. The van der Waals surface area contributed by atoms with Crippen molar-refractivity contribution in [3.05, 3.63) is 47.2 Å². The Labute approximate surface area is 136 Å². The predicted octanol–water partition coefficient (Wildman–Crippen LogP) is 2.32. The summed E-state index contributed by atoms with van der Waals surface area (Å²) < 4.78 is 1.77. The molecule has 0 spiro atoms. The molecule has 0 saturated carbocycles. The molecule has 4 heteroatoms. The van der Waals surface area contributed by atoms with E-state index >= 15 is 0 Å². The zero-order valence-electron chi connectivity index (χ0n) is 13.9. The van der Waals surface area contributed by atoms with Crippen molar-refractivity contribution >= 4 is 24.6 Å². The first-order chi connectivity index (χ1) is 11.2. The molecule has 0 amide bonds. The molecular weight excluding hydrogens is 284 g/mol. The van der Waals surface area contributed by atoms with E-state index in [2.05, 4.69) is 55.0 Å². The van der Waals surface area contributed by atoms with Crippen molar-refractivity contribution in [1.29, 1.82) is 0 Å². The molecule has 23 heavy (non-hydrogen) atoms. The molecule has 4 nitrogen and oxygen atoms in total. The van der Waals surface area contributed by atoms with E-state index in [1.54, 1.807) is 10.9 Å². The minimum absolute atomic E-state index is 0.399. The van der Waals surface area contributed by atoms with Gasteiger partial charge in [0.05, 0.1) is 22.9 Å². The van der Waals surface area contributed by atoms with Gasteiger partial charge < -0.3 is 4.90 Å². The summed E-state index contributed by atoms with van der Waals surface area (Å²) in [6.07, 6.45) is 13.1. The lowest BCUT2D eigenvalue weighted by molar-refractivity contribution is 0.421. The highest BCUT2D eigenvalue weighted by Crippen LogP contribution is 2.22. The smallest absolute Gasteiger partial charge is 0.0752 e. The van der Waals surface area contributed by atoms with Crippen molar-refractivity contribution < 1.29 is 0 Å². The number of hydrogen-bond acceptors (Lipinski definition) is 3. The second kappa shape index (κ2) is 6.24. The summed E-state index contributed by atoms with van der Waals surface area (Å²) in [5, 5.41) is 6.57. The van der Waals surface area contributed by atoms with E-state index in [0.29, 0.717) is 6.04 Å². The molecule has 1 aliphatic heterocycles. The zero-order chi connectivity index (χ0) is 16.4. The molecule has 3 rings (SSSR count). The number of rotatable bonds is 4. The maximum absolute atomic E-state index is 4.87. The van der Waals surface area contributed by atoms with Crippen LogP contribution >= 0.6 is 0 Å². The molecule has 2 aromatic heterocycles. The number of hydrogen-bond donors (Lipinski definition) is 0. The van der Waals surface area contributed by atoms with Crippen LogP contribution in [0.25, 0.3) is 35.8 Å². The Morgan fingerprint density at radius 2 is 2.17 bits per heavy atom. The van der Waals surface area contributed by atoms with Crippen LogP contribution in [-0.4, -0.2) is 32.8 Å². The van der Waals surface area contributed by atoms with Gasteiger partial charge in [0.1, 0.15) is 0 Å². The van der Waals surface area contributed by atoms with E-state index in [9.17, 15) is 0 Å². The fraction of sp³-hybridized carbons (Fsp3) is 0.263. The number of fused-ring (bicyclic) bond motifs is 1. The van der Waals surface area contributed by atoms with Gasteiger partial charge in [0, 0.05) is 36.3 Å². The molecule has 0 aliphatic carbocycles. The van der Waals surface area contributed by atoms with Crippen molar-refractivity contribution in [2.45, 2.75) is 26.3 Å². The normalized spacial score (nSPS) is 16.8. The van der Waals surface area contributed by atoms with Crippen molar-refractivity contribution in [3.8, 4) is 11.3 Å². The molecule has 118 valence electrons. The summed E-state index contributed by atoms with van der Waals surface area (Å²) in [4.78, 5) is 7.11. The molecule has 0 radical (unpaired) electrons. The van der Waals surface area contributed by atoms with E-state index < -0.39 is 0 Å². The van der Waals surface area contributed by atoms with Crippen LogP contribution in [0.15, 0.2) is 31.0 Å². The summed E-state index contributed by atoms with van der Waals surface area (Å²) in [6, 6.07) is 4.58. The largest absolute Gasteiger partial charge is 0.373 e. The standard InChI is InChI=1S/C19H22N4/c1-5-8-19-16(12-20-23(19)7-3)17-10-9-14-13-22(4)15(6-2)11-18(14)21-17/h5,7-13,15H,3,6H2,1-2,4H3/b8-5-. The first kappa shape index (κ1) is 15.3. The number of allylic oxidation sites excluding steroid dienone is 1. The molecular formula is C19H22N4. The third-order valence-corrected chi connectivity index (χ3v) is 4.20. The molecule has 0 aromatic carbocycles. The summed E-state index contributed by atoms with van der Waals surface area (Å²) in [6.45, 7) is 8.00. The van der Waals surface area contributed by atoms with Crippen molar-refractivity contribution in [2.24, 2.45) is 0 Å². The number of pyridine rings is 1. The Balaban J connectivity index is 2.16. The van der Waals surface area contributed by atoms with E-state index in [4.69, 9.17) is 4.98 Å². The summed E-state index contributed by atoms with van der Waals surface area (Å²) in [5.41, 5.74) is 2.96. The van der Waals surface area contributed by atoms with Gasteiger partial charge in [-0.2, -0.15) is 5.10 Å². The molecule has 3 heterocycles. The quantitative estimate of drug-likeness (QED) is 0.869. The highest BCUT2D eigenvalue weighted by atomic mass is 15.3. The number of aromatic nitrogens is 3. The molecule has 0 N–H and O–H groups in total. The van der Waals surface area contributed by atoms with Gasteiger partial charge in [-0.25, -0.2) is 9.67 Å². The van der Waals surface area contributed by atoms with Crippen LogP contribution in [0.4, 0.5) is 0 Å². The third-order valence-electron chi connectivity index (χ3n) is 4.20. The van der Waals surface area contributed by atoms with Crippen LogP contribution in [0, 0.1) is 0 Å². The molecule has 1 aliphatic rings. The lowest BCUT2D eigenvalue weighted by atomic mass is 10.1. The SMILES string of the molecule is C=Cn1ncc(-c2ccc3c(n2)=CC(CC)N(C)C=3)c1/C=C\C. The Morgan fingerprint density at radius 3 is 2.87 bits per heavy atom. The lowest BCUT2D eigenvalue weighted by Gasteiger charge is -2.25. The van der Waals surface area contributed by atoms with Gasteiger partial charge in [0.2, 0.25) is 0 Å². The van der Waals surface area contributed by atoms with E-state index in [0.717, 1.165) is 33.9 Å². The highest BCUT2D eigenvalue weighted by molar-refractivity contribution is 5.71. The Bertz CT molecular complexity index is 873. The zero-order valence-corrected chi connectivity index (χ0v) is 13.9. The van der Waals surface area contributed by atoms with E-state index in [-0.39, 0.29) is 0 Å². The summed E-state index contributed by atoms with van der Waals surface area (Å²) in [7, 11) is 2.11. The average molecular weight is 306 g/mol. The first-order valence-electron chi connectivity index (χ1n) is 7.93. The third kappa shape index (κ3) is 2.72. The molecule has 1 unspecified atom stereocenters. The Morgan fingerprint density at radius 1 is 1.35 bits per heavy atom. The Kier molecular flexibility index (Phi) is 4.15. The lowest BCUT2D eigenvalue weighted by Crippen LogP contribution is -2.41. The van der Waals surface area contributed by atoms with Crippen LogP contribution in [0.2, 0.25) is 0 Å². The van der Waals surface area contributed by atoms with Gasteiger partial charge in [-0.1, -0.05) is 19.6 Å². The van der Waals surface area contributed by atoms with Crippen LogP contribution in [-0.2, 0) is 0 Å². The second-order valence-corrected chi connectivity index (χ2v) is 5.68. The maximum Gasteiger partial charge on any atom is 0.0752 e. The van der Waals surface area contributed by atoms with Gasteiger partial charge >= 0.3 is 0 Å². The van der Waals surface area contributed by atoms with Crippen molar-refractivity contribution in [3.63, 3.8) is 0 Å². The van der Waals surface area contributed by atoms with Crippen LogP contribution in [0.3, 0.4) is 0 Å². The molecule has 0 bridgehead atoms. The van der Waals surface area contributed by atoms with E-state index in [1.165, 1.54) is 0 Å². The maximum atomic E-state index is 4.87. The second-order valence-electron chi connectivity index (χ2n) is 5.68. The van der Waals surface area contributed by atoms with Gasteiger partial charge in [0.25, 0.3) is 0 Å². The van der Waals surface area contributed by atoms with E-state index in [1.807, 2.05) is 25.3 Å². The molecule has 1 atom stereocenters. The predicted molar refractivity (Wildman–Crippen MR) is 96.6 cm³/mol.